The van der Waals surface area contributed by atoms with E-state index in [4.69, 9.17) is 14.2 Å². The molecule has 2 aromatic rings. The van der Waals surface area contributed by atoms with E-state index in [0.717, 1.165) is 5.01 Å². The van der Waals surface area contributed by atoms with Gasteiger partial charge in [-0.3, -0.25) is 4.79 Å². The second-order valence-corrected chi connectivity index (χ2v) is 6.29. The largest absolute Gasteiger partial charge is 0.497 e. The highest BCUT2D eigenvalue weighted by Gasteiger charge is 2.49. The maximum absolute atomic E-state index is 12.9. The van der Waals surface area contributed by atoms with Crippen molar-refractivity contribution in [2.24, 2.45) is 5.10 Å². The van der Waals surface area contributed by atoms with Gasteiger partial charge in [-0.25, -0.2) is 4.79 Å². The minimum absolute atomic E-state index is 0.478. The Morgan fingerprint density at radius 2 is 1.50 bits per heavy atom. The summed E-state index contributed by atoms with van der Waals surface area (Å²) in [6.45, 7) is 1.64. The number of nitrogens with zero attached hydrogens (tertiary/aromatic N) is 2. The van der Waals surface area contributed by atoms with E-state index < -0.39 is 17.5 Å². The van der Waals surface area contributed by atoms with Crippen LogP contribution in [0.15, 0.2) is 47.6 Å². The van der Waals surface area contributed by atoms with Crippen molar-refractivity contribution in [3.05, 3.63) is 53.6 Å². The van der Waals surface area contributed by atoms with E-state index in [1.54, 1.807) is 56.5 Å². The Hall–Kier alpha value is -3.55. The predicted octanol–water partition coefficient (Wildman–Crippen LogP) is 2.51. The van der Waals surface area contributed by atoms with E-state index in [9.17, 15) is 9.59 Å². The van der Waals surface area contributed by atoms with Gasteiger partial charge in [-0.05, 0) is 36.8 Å². The van der Waals surface area contributed by atoms with Crippen molar-refractivity contribution in [3.63, 3.8) is 0 Å². The second-order valence-electron chi connectivity index (χ2n) is 6.29. The number of urea groups is 1. The Morgan fingerprint density at radius 1 is 0.929 bits per heavy atom. The molecule has 1 aliphatic rings. The molecule has 8 nitrogen and oxygen atoms in total. The van der Waals surface area contributed by atoms with Crippen LogP contribution < -0.4 is 19.5 Å². The zero-order valence-electron chi connectivity index (χ0n) is 16.1. The summed E-state index contributed by atoms with van der Waals surface area (Å²) >= 11 is 0. The highest BCUT2D eigenvalue weighted by molar-refractivity contribution is 6.07. The SMILES string of the molecule is COc1ccc([C@]2(C)NC(=O)N(/N=C\c3cc(OC)cc(OC)c3)C2=O)cc1. The average molecular weight is 383 g/mol. The smallest absolute Gasteiger partial charge is 0.346 e. The van der Waals surface area contributed by atoms with Gasteiger partial charge in [0.15, 0.2) is 0 Å². The van der Waals surface area contributed by atoms with Crippen molar-refractivity contribution in [3.8, 4) is 17.2 Å². The quantitative estimate of drug-likeness (QED) is 0.612. The Bertz CT molecular complexity index is 904. The van der Waals surface area contributed by atoms with Crippen LogP contribution in [0.25, 0.3) is 0 Å². The molecule has 0 spiro atoms. The zero-order valence-corrected chi connectivity index (χ0v) is 16.1. The molecule has 0 radical (unpaired) electrons. The number of ether oxygens (including phenoxy) is 3. The Morgan fingerprint density at radius 3 is 2.04 bits per heavy atom. The molecule has 1 atom stereocenters. The van der Waals surface area contributed by atoms with Gasteiger partial charge in [0, 0.05) is 11.6 Å². The van der Waals surface area contributed by atoms with Crippen molar-refractivity contribution >= 4 is 18.2 Å². The molecule has 3 amide bonds. The number of benzene rings is 2. The van der Waals surface area contributed by atoms with E-state index in [1.807, 2.05) is 0 Å². The van der Waals surface area contributed by atoms with Crippen LogP contribution in [0.2, 0.25) is 0 Å². The molecule has 1 N–H and O–H groups in total. The molecular weight excluding hydrogens is 362 g/mol. The molecule has 1 fully saturated rings. The number of hydrazone groups is 1. The summed E-state index contributed by atoms with van der Waals surface area (Å²) in [5, 5.41) is 7.59. The molecule has 0 saturated carbocycles. The number of nitrogens with one attached hydrogen (secondary N) is 1. The van der Waals surface area contributed by atoms with Crippen molar-refractivity contribution in [2.45, 2.75) is 12.5 Å². The number of hydrogen-bond acceptors (Lipinski definition) is 6. The van der Waals surface area contributed by atoms with Crippen molar-refractivity contribution in [1.29, 1.82) is 0 Å². The third kappa shape index (κ3) is 3.48. The van der Waals surface area contributed by atoms with E-state index in [1.165, 1.54) is 20.4 Å². The maximum Gasteiger partial charge on any atom is 0.346 e. The van der Waals surface area contributed by atoms with Gasteiger partial charge in [-0.1, -0.05) is 12.1 Å². The lowest BCUT2D eigenvalue weighted by molar-refractivity contribution is -0.131. The zero-order chi connectivity index (χ0) is 20.3. The Labute approximate surface area is 162 Å². The molecule has 8 heteroatoms. The maximum atomic E-state index is 12.9. The highest BCUT2D eigenvalue weighted by atomic mass is 16.5. The predicted molar refractivity (Wildman–Crippen MR) is 103 cm³/mol. The Kier molecular flexibility index (Phi) is 5.21. The van der Waals surface area contributed by atoms with Gasteiger partial charge >= 0.3 is 6.03 Å². The van der Waals surface area contributed by atoms with E-state index >= 15 is 0 Å². The van der Waals surface area contributed by atoms with Crippen molar-refractivity contribution < 1.29 is 23.8 Å². The molecule has 3 rings (SSSR count). The molecule has 2 aromatic carbocycles. The fraction of sp³-hybridized carbons (Fsp3) is 0.250. The fourth-order valence-electron chi connectivity index (χ4n) is 2.88. The number of carbonyl (C=O) groups is 2. The normalized spacial score (nSPS) is 19.1. The first-order valence-electron chi connectivity index (χ1n) is 8.49. The minimum Gasteiger partial charge on any atom is -0.497 e. The van der Waals surface area contributed by atoms with Crippen LogP contribution in [-0.2, 0) is 10.3 Å². The van der Waals surface area contributed by atoms with Gasteiger partial charge in [-0.15, -0.1) is 5.01 Å². The lowest BCUT2D eigenvalue weighted by Gasteiger charge is -2.21. The first kappa shape index (κ1) is 19.2. The van der Waals surface area contributed by atoms with Gasteiger partial charge in [0.05, 0.1) is 27.5 Å². The number of hydrogen-bond donors (Lipinski definition) is 1. The number of amides is 3. The molecule has 28 heavy (non-hydrogen) atoms. The summed E-state index contributed by atoms with van der Waals surface area (Å²) in [6.07, 6.45) is 1.41. The summed E-state index contributed by atoms with van der Waals surface area (Å²) in [5.74, 6) is 1.32. The third-order valence-electron chi connectivity index (χ3n) is 4.53. The summed E-state index contributed by atoms with van der Waals surface area (Å²) in [7, 11) is 4.63. The standard InChI is InChI=1S/C20H21N3O5/c1-20(14-5-7-15(26-2)8-6-14)18(24)23(19(25)22-20)21-12-13-9-16(27-3)11-17(10-13)28-4/h5-12H,1-4H3,(H,22,25)/b21-12-/t20-/m0/s1. The molecule has 1 aliphatic heterocycles. The topological polar surface area (TPSA) is 89.5 Å². The lowest BCUT2D eigenvalue weighted by Crippen LogP contribution is -2.40. The van der Waals surface area contributed by atoms with Crippen LogP contribution in [0.1, 0.15) is 18.1 Å². The number of methoxy groups -OCH3 is 3. The van der Waals surface area contributed by atoms with Gasteiger partial charge in [-0.2, -0.15) is 5.10 Å². The van der Waals surface area contributed by atoms with E-state index in [2.05, 4.69) is 10.4 Å². The third-order valence-corrected chi connectivity index (χ3v) is 4.53. The average Bonchev–Trinajstić information content (AvgIpc) is 2.95. The van der Waals surface area contributed by atoms with Gasteiger partial charge in [0.25, 0.3) is 5.91 Å². The van der Waals surface area contributed by atoms with Crippen molar-refractivity contribution in [2.75, 3.05) is 21.3 Å². The van der Waals surface area contributed by atoms with Crippen LogP contribution in [-0.4, -0.2) is 44.5 Å². The molecule has 0 unspecified atom stereocenters. The molecule has 0 aromatic heterocycles. The van der Waals surface area contributed by atoms with Crippen LogP contribution in [0.3, 0.4) is 0 Å². The molecular formula is C20H21N3O5. The van der Waals surface area contributed by atoms with Crippen LogP contribution in [0, 0.1) is 0 Å². The first-order valence-corrected chi connectivity index (χ1v) is 8.49. The second kappa shape index (κ2) is 7.59. The van der Waals surface area contributed by atoms with Crippen LogP contribution in [0.4, 0.5) is 4.79 Å². The molecule has 0 aliphatic carbocycles. The lowest BCUT2D eigenvalue weighted by atomic mass is 9.92. The summed E-state index contributed by atoms with van der Waals surface area (Å²) in [5.41, 5.74) is 0.0366. The van der Waals surface area contributed by atoms with Gasteiger partial charge in [0.1, 0.15) is 22.8 Å². The monoisotopic (exact) mass is 383 g/mol. The fourth-order valence-corrected chi connectivity index (χ4v) is 2.88. The van der Waals surface area contributed by atoms with Crippen LogP contribution >= 0.6 is 0 Å². The summed E-state index contributed by atoms with van der Waals surface area (Å²) in [4.78, 5) is 25.3. The number of imide groups is 1. The first-order chi connectivity index (χ1) is 13.4. The number of rotatable bonds is 6. The summed E-state index contributed by atoms with van der Waals surface area (Å²) in [6, 6.07) is 11.5. The van der Waals surface area contributed by atoms with Crippen LogP contribution in [0.5, 0.6) is 17.2 Å². The van der Waals surface area contributed by atoms with Gasteiger partial charge < -0.3 is 19.5 Å². The van der Waals surface area contributed by atoms with Gasteiger partial charge in [0.2, 0.25) is 0 Å². The molecule has 1 heterocycles. The highest BCUT2D eigenvalue weighted by Crippen LogP contribution is 2.30. The van der Waals surface area contributed by atoms with Crippen molar-refractivity contribution in [1.82, 2.24) is 10.3 Å². The number of carbonyl (C=O) groups excluding carboxylic acids is 2. The molecule has 146 valence electrons. The molecule has 1 saturated heterocycles. The molecule has 0 bridgehead atoms. The Balaban J connectivity index is 1.86. The van der Waals surface area contributed by atoms with E-state index in [0.29, 0.717) is 28.4 Å². The van der Waals surface area contributed by atoms with E-state index in [-0.39, 0.29) is 0 Å². The summed E-state index contributed by atoms with van der Waals surface area (Å²) < 4.78 is 15.6. The minimum atomic E-state index is -1.22.